The van der Waals surface area contributed by atoms with Crippen LogP contribution in [0.4, 0.5) is 0 Å². The predicted octanol–water partition coefficient (Wildman–Crippen LogP) is 2.08. The van der Waals surface area contributed by atoms with E-state index in [0.29, 0.717) is 11.3 Å². The topological polar surface area (TPSA) is 90.4 Å². The van der Waals surface area contributed by atoms with Gasteiger partial charge in [-0.05, 0) is 30.3 Å². The van der Waals surface area contributed by atoms with Gasteiger partial charge in [0.05, 0.1) is 11.1 Å². The van der Waals surface area contributed by atoms with Crippen molar-refractivity contribution in [2.45, 2.75) is 0 Å². The van der Waals surface area contributed by atoms with Crippen LogP contribution in [0.2, 0.25) is 0 Å². The lowest BCUT2D eigenvalue weighted by atomic mass is 10.0. The van der Waals surface area contributed by atoms with Gasteiger partial charge in [-0.15, -0.1) is 0 Å². The number of H-pyrrole nitrogens is 1. The number of nitrogens with one attached hydrogen (secondary N) is 1. The molecule has 5 heteroatoms. The molecule has 5 nitrogen and oxygen atoms in total. The second kappa shape index (κ2) is 4.13. The largest absolute Gasteiger partial charge is 0.478 e. The highest BCUT2D eigenvalue weighted by Crippen LogP contribution is 2.23. The first-order valence-corrected chi connectivity index (χ1v) is 4.84. The second-order valence-electron chi connectivity index (χ2n) is 3.45. The van der Waals surface area contributed by atoms with Crippen LogP contribution < -0.4 is 0 Å². The Labute approximate surface area is 96.3 Å². The molecule has 0 fully saturated rings. The number of benzene rings is 1. The first-order valence-electron chi connectivity index (χ1n) is 4.84. The van der Waals surface area contributed by atoms with Crippen LogP contribution in [0.3, 0.4) is 0 Å². The van der Waals surface area contributed by atoms with Crippen molar-refractivity contribution in [2.75, 3.05) is 0 Å². The van der Waals surface area contributed by atoms with Gasteiger partial charge in [-0.1, -0.05) is 0 Å². The first kappa shape index (κ1) is 10.9. The van der Waals surface area contributed by atoms with Gasteiger partial charge in [-0.2, -0.15) is 0 Å². The summed E-state index contributed by atoms with van der Waals surface area (Å²) in [6, 6.07) is 7.32. The molecule has 1 aromatic carbocycles. The van der Waals surface area contributed by atoms with Crippen LogP contribution in [0.5, 0.6) is 0 Å². The van der Waals surface area contributed by atoms with Crippen LogP contribution in [0.15, 0.2) is 36.5 Å². The Hall–Kier alpha value is -2.56. The van der Waals surface area contributed by atoms with E-state index in [0.717, 1.165) is 0 Å². The number of carboxylic acids is 2. The molecule has 0 atom stereocenters. The lowest BCUT2D eigenvalue weighted by molar-refractivity contribution is 0.0682. The summed E-state index contributed by atoms with van der Waals surface area (Å²) in [6.07, 6.45) is 1.65. The summed E-state index contributed by atoms with van der Waals surface area (Å²) in [5, 5.41) is 17.9. The number of hydrogen-bond acceptors (Lipinski definition) is 2. The van der Waals surface area contributed by atoms with Crippen molar-refractivity contribution >= 4 is 11.9 Å². The molecular weight excluding hydrogens is 222 g/mol. The number of carbonyl (C=O) groups is 2. The van der Waals surface area contributed by atoms with Crippen LogP contribution in [0, 0.1) is 0 Å². The maximum atomic E-state index is 11.0. The van der Waals surface area contributed by atoms with Crippen molar-refractivity contribution in [3.05, 3.63) is 47.7 Å². The maximum Gasteiger partial charge on any atom is 0.336 e. The Morgan fingerprint density at radius 2 is 1.82 bits per heavy atom. The highest BCUT2D eigenvalue weighted by molar-refractivity contribution is 5.98. The van der Waals surface area contributed by atoms with Crippen LogP contribution in [0.25, 0.3) is 11.3 Å². The molecule has 0 spiro atoms. The number of aromatic carboxylic acids is 2. The number of aromatic amines is 1. The number of carboxylic acid groups (broad SMARTS) is 2. The number of hydrogen-bond donors (Lipinski definition) is 3. The zero-order chi connectivity index (χ0) is 12.4. The van der Waals surface area contributed by atoms with Gasteiger partial charge in [0.15, 0.2) is 0 Å². The maximum absolute atomic E-state index is 11.0. The van der Waals surface area contributed by atoms with E-state index in [1.165, 1.54) is 18.2 Å². The average Bonchev–Trinajstić information content (AvgIpc) is 2.81. The summed E-state index contributed by atoms with van der Waals surface area (Å²) in [7, 11) is 0. The third-order valence-electron chi connectivity index (χ3n) is 2.39. The van der Waals surface area contributed by atoms with Crippen molar-refractivity contribution < 1.29 is 19.8 Å². The highest BCUT2D eigenvalue weighted by atomic mass is 16.4. The molecular formula is C12H9NO4. The minimum absolute atomic E-state index is 0.0552. The summed E-state index contributed by atoms with van der Waals surface area (Å²) in [6.45, 7) is 0. The van der Waals surface area contributed by atoms with E-state index in [1.807, 2.05) is 0 Å². The Morgan fingerprint density at radius 3 is 2.35 bits per heavy atom. The summed E-state index contributed by atoms with van der Waals surface area (Å²) >= 11 is 0. The Morgan fingerprint density at radius 1 is 1.06 bits per heavy atom. The van der Waals surface area contributed by atoms with Crippen molar-refractivity contribution in [1.29, 1.82) is 0 Å². The SMILES string of the molecule is O=C(O)c1ccc(C(=O)O)c(-c2ccc[nH]2)c1. The zero-order valence-electron chi connectivity index (χ0n) is 8.68. The predicted molar refractivity (Wildman–Crippen MR) is 60.1 cm³/mol. The summed E-state index contributed by atoms with van der Waals surface area (Å²) < 4.78 is 0. The van der Waals surface area contributed by atoms with Gasteiger partial charge in [0.2, 0.25) is 0 Å². The second-order valence-corrected chi connectivity index (χ2v) is 3.45. The van der Waals surface area contributed by atoms with Crippen molar-refractivity contribution in [3.63, 3.8) is 0 Å². The molecule has 0 aliphatic rings. The van der Waals surface area contributed by atoms with E-state index in [2.05, 4.69) is 4.98 Å². The van der Waals surface area contributed by atoms with E-state index in [1.54, 1.807) is 18.3 Å². The van der Waals surface area contributed by atoms with Gasteiger partial charge in [0.1, 0.15) is 0 Å². The third-order valence-corrected chi connectivity index (χ3v) is 2.39. The molecule has 17 heavy (non-hydrogen) atoms. The third kappa shape index (κ3) is 2.03. The summed E-state index contributed by atoms with van der Waals surface area (Å²) in [4.78, 5) is 24.7. The Balaban J connectivity index is 2.64. The van der Waals surface area contributed by atoms with Gasteiger partial charge in [-0.25, -0.2) is 9.59 Å². The quantitative estimate of drug-likeness (QED) is 0.754. The van der Waals surface area contributed by atoms with Crippen molar-refractivity contribution in [2.24, 2.45) is 0 Å². The minimum atomic E-state index is -1.09. The average molecular weight is 231 g/mol. The lowest BCUT2D eigenvalue weighted by Gasteiger charge is -2.05. The van der Waals surface area contributed by atoms with Crippen LogP contribution in [0.1, 0.15) is 20.7 Å². The van der Waals surface area contributed by atoms with Crippen molar-refractivity contribution in [1.82, 2.24) is 4.98 Å². The molecule has 2 rings (SSSR count). The van der Waals surface area contributed by atoms with E-state index in [9.17, 15) is 9.59 Å². The van der Waals surface area contributed by atoms with E-state index >= 15 is 0 Å². The molecule has 1 heterocycles. The van der Waals surface area contributed by atoms with Gasteiger partial charge in [-0.3, -0.25) is 0 Å². The lowest BCUT2D eigenvalue weighted by Crippen LogP contribution is -2.03. The molecule has 0 radical (unpaired) electrons. The molecule has 0 saturated carbocycles. The molecule has 86 valence electrons. The Bertz CT molecular complexity index is 572. The minimum Gasteiger partial charge on any atom is -0.478 e. The molecule has 0 saturated heterocycles. The molecule has 3 N–H and O–H groups in total. The standard InChI is InChI=1S/C12H9NO4/c14-11(15)7-3-4-8(12(16)17)9(6-7)10-2-1-5-13-10/h1-6,13H,(H,14,15)(H,16,17). The van der Waals surface area contributed by atoms with Crippen LogP contribution in [-0.2, 0) is 0 Å². The van der Waals surface area contributed by atoms with Gasteiger partial charge in [0, 0.05) is 17.5 Å². The van der Waals surface area contributed by atoms with E-state index < -0.39 is 11.9 Å². The fourth-order valence-electron chi connectivity index (χ4n) is 1.58. The Kier molecular flexibility index (Phi) is 2.66. The van der Waals surface area contributed by atoms with E-state index in [4.69, 9.17) is 10.2 Å². The van der Waals surface area contributed by atoms with Gasteiger partial charge < -0.3 is 15.2 Å². The molecule has 0 amide bonds. The monoisotopic (exact) mass is 231 g/mol. The van der Waals surface area contributed by atoms with Crippen molar-refractivity contribution in [3.8, 4) is 11.3 Å². The zero-order valence-corrected chi connectivity index (χ0v) is 8.68. The molecule has 0 aliphatic heterocycles. The van der Waals surface area contributed by atoms with Gasteiger partial charge in [0.25, 0.3) is 0 Å². The molecule has 1 aromatic heterocycles. The molecule has 0 unspecified atom stereocenters. The summed E-state index contributed by atoms with van der Waals surface area (Å²) in [5.74, 6) is -2.18. The fraction of sp³-hybridized carbons (Fsp3) is 0. The first-order chi connectivity index (χ1) is 8.09. The van der Waals surface area contributed by atoms with Gasteiger partial charge >= 0.3 is 11.9 Å². The smallest absolute Gasteiger partial charge is 0.336 e. The molecule has 0 bridgehead atoms. The fourth-order valence-corrected chi connectivity index (χ4v) is 1.58. The molecule has 0 aliphatic carbocycles. The van der Waals surface area contributed by atoms with Crippen LogP contribution in [-0.4, -0.2) is 27.1 Å². The summed E-state index contributed by atoms with van der Waals surface area (Å²) in [5.41, 5.74) is 1.06. The van der Waals surface area contributed by atoms with Crippen LogP contribution >= 0.6 is 0 Å². The molecule has 2 aromatic rings. The normalized spacial score (nSPS) is 10.1. The highest BCUT2D eigenvalue weighted by Gasteiger charge is 2.15. The number of aromatic nitrogens is 1. The van der Waals surface area contributed by atoms with E-state index in [-0.39, 0.29) is 11.1 Å². The number of rotatable bonds is 3.